The molecule has 1 N–H and O–H groups in total. The molecule has 1 atom stereocenters. The first-order chi connectivity index (χ1) is 12.0. The van der Waals surface area contributed by atoms with E-state index in [0.29, 0.717) is 37.7 Å². The molecule has 8 heteroatoms. The van der Waals surface area contributed by atoms with Crippen LogP contribution in [0.15, 0.2) is 33.4 Å². The van der Waals surface area contributed by atoms with Crippen molar-refractivity contribution in [1.82, 2.24) is 10.1 Å². The lowest BCUT2D eigenvalue weighted by Crippen LogP contribution is -2.38. The minimum atomic E-state index is -0.959. The summed E-state index contributed by atoms with van der Waals surface area (Å²) in [4.78, 5) is 25.3. The third-order valence-corrected chi connectivity index (χ3v) is 3.62. The van der Waals surface area contributed by atoms with Crippen molar-refractivity contribution in [2.45, 2.75) is 20.3 Å². The van der Waals surface area contributed by atoms with Gasteiger partial charge in [-0.3, -0.25) is 9.59 Å². The van der Waals surface area contributed by atoms with E-state index in [1.54, 1.807) is 19.1 Å². The van der Waals surface area contributed by atoms with Crippen LogP contribution in [0.25, 0.3) is 11.5 Å². The zero-order valence-electron chi connectivity index (χ0n) is 14.3. The van der Waals surface area contributed by atoms with E-state index in [0.717, 1.165) is 0 Å². The molecule has 0 bridgehead atoms. The van der Waals surface area contributed by atoms with Crippen molar-refractivity contribution < 1.29 is 28.4 Å². The van der Waals surface area contributed by atoms with Crippen molar-refractivity contribution in [2.24, 2.45) is 5.92 Å². The molecule has 136 valence electrons. The summed E-state index contributed by atoms with van der Waals surface area (Å²) < 4.78 is 15.6. The predicted octanol–water partition coefficient (Wildman–Crippen LogP) is 2.52. The number of nitrogens with zero attached hydrogens (tertiary/aromatic N) is 2. The van der Waals surface area contributed by atoms with Crippen molar-refractivity contribution in [3.05, 3.63) is 30.2 Å². The number of carboxylic acid groups (broad SMARTS) is 1. The number of aliphatic carboxylic acids is 1. The molecule has 0 saturated carbocycles. The van der Waals surface area contributed by atoms with Crippen LogP contribution in [-0.2, 0) is 9.53 Å². The summed E-state index contributed by atoms with van der Waals surface area (Å²) in [5.41, 5.74) is 0.111. The highest BCUT2D eigenvalue weighted by molar-refractivity contribution is 5.93. The van der Waals surface area contributed by atoms with Crippen molar-refractivity contribution in [2.75, 3.05) is 26.3 Å². The van der Waals surface area contributed by atoms with Crippen LogP contribution in [0, 0.1) is 5.92 Å². The molecule has 2 rings (SSSR count). The standard InChI is InChI=1S/C17H22N2O6/c1-3-23-8-5-7-19(11-12(2)17(21)22)16(20)13-10-15(25-18-13)14-6-4-9-24-14/h4,6,9-10,12H,3,5,7-8,11H2,1-2H3,(H,21,22). The van der Waals surface area contributed by atoms with Crippen molar-refractivity contribution in [1.29, 1.82) is 0 Å². The molecular weight excluding hydrogens is 328 g/mol. The lowest BCUT2D eigenvalue weighted by atomic mass is 10.1. The van der Waals surface area contributed by atoms with E-state index < -0.39 is 11.9 Å². The molecule has 25 heavy (non-hydrogen) atoms. The second-order valence-corrected chi connectivity index (χ2v) is 5.59. The summed E-state index contributed by atoms with van der Waals surface area (Å²) in [6, 6.07) is 4.89. The van der Waals surface area contributed by atoms with E-state index in [-0.39, 0.29) is 18.1 Å². The van der Waals surface area contributed by atoms with Gasteiger partial charge >= 0.3 is 5.97 Å². The maximum atomic E-state index is 12.7. The minimum absolute atomic E-state index is 0.0865. The van der Waals surface area contributed by atoms with Gasteiger partial charge in [-0.25, -0.2) is 0 Å². The Bertz CT molecular complexity index is 679. The summed E-state index contributed by atoms with van der Waals surface area (Å²) >= 11 is 0. The second kappa shape index (κ2) is 9.03. The van der Waals surface area contributed by atoms with Crippen molar-refractivity contribution >= 4 is 11.9 Å². The van der Waals surface area contributed by atoms with Gasteiger partial charge in [0.2, 0.25) is 5.76 Å². The Balaban J connectivity index is 2.08. The third kappa shape index (κ3) is 5.18. The Kier molecular flexibility index (Phi) is 6.76. The number of carbonyl (C=O) groups excluding carboxylic acids is 1. The fourth-order valence-electron chi connectivity index (χ4n) is 2.26. The van der Waals surface area contributed by atoms with E-state index in [1.807, 2.05) is 6.92 Å². The summed E-state index contributed by atoms with van der Waals surface area (Å²) in [6.45, 7) is 5.00. The molecule has 1 amide bonds. The van der Waals surface area contributed by atoms with Crippen molar-refractivity contribution in [3.63, 3.8) is 0 Å². The zero-order chi connectivity index (χ0) is 18.2. The lowest BCUT2D eigenvalue weighted by molar-refractivity contribution is -0.141. The first-order valence-corrected chi connectivity index (χ1v) is 8.13. The second-order valence-electron chi connectivity index (χ2n) is 5.59. The van der Waals surface area contributed by atoms with Crippen LogP contribution in [0.2, 0.25) is 0 Å². The van der Waals surface area contributed by atoms with Gasteiger partial charge in [-0.05, 0) is 25.5 Å². The van der Waals surface area contributed by atoms with Gasteiger partial charge in [0, 0.05) is 32.4 Å². The quantitative estimate of drug-likeness (QED) is 0.656. The fraction of sp³-hybridized carbons (Fsp3) is 0.471. The Morgan fingerprint density at radius 2 is 2.20 bits per heavy atom. The zero-order valence-corrected chi connectivity index (χ0v) is 14.3. The van der Waals surface area contributed by atoms with Crippen LogP contribution in [0.4, 0.5) is 0 Å². The van der Waals surface area contributed by atoms with Gasteiger partial charge in [0.25, 0.3) is 5.91 Å². The van der Waals surface area contributed by atoms with Gasteiger partial charge in [-0.1, -0.05) is 12.1 Å². The molecule has 1 unspecified atom stereocenters. The largest absolute Gasteiger partial charge is 0.481 e. The van der Waals surface area contributed by atoms with E-state index in [2.05, 4.69) is 5.16 Å². The molecule has 0 fully saturated rings. The van der Waals surface area contributed by atoms with E-state index in [9.17, 15) is 9.59 Å². The summed E-state index contributed by atoms with van der Waals surface area (Å²) in [5, 5.41) is 12.9. The molecule has 0 aliphatic carbocycles. The monoisotopic (exact) mass is 350 g/mol. The molecule has 2 heterocycles. The number of rotatable bonds is 10. The first-order valence-electron chi connectivity index (χ1n) is 8.13. The number of aromatic nitrogens is 1. The number of carboxylic acids is 1. The highest BCUT2D eigenvalue weighted by Crippen LogP contribution is 2.21. The van der Waals surface area contributed by atoms with E-state index >= 15 is 0 Å². The molecule has 2 aromatic heterocycles. The van der Waals surface area contributed by atoms with E-state index in [4.69, 9.17) is 18.8 Å². The van der Waals surface area contributed by atoms with Crippen LogP contribution < -0.4 is 0 Å². The molecule has 0 aromatic carbocycles. The van der Waals surface area contributed by atoms with Crippen molar-refractivity contribution in [3.8, 4) is 11.5 Å². The SMILES string of the molecule is CCOCCCN(CC(C)C(=O)O)C(=O)c1cc(-c2ccco2)on1. The summed E-state index contributed by atoms with van der Waals surface area (Å²) in [7, 11) is 0. The van der Waals surface area contributed by atoms with Gasteiger partial charge in [0.1, 0.15) is 0 Å². The van der Waals surface area contributed by atoms with Gasteiger partial charge in [-0.15, -0.1) is 0 Å². The van der Waals surface area contributed by atoms with Gasteiger partial charge in [0.15, 0.2) is 11.5 Å². The van der Waals surface area contributed by atoms with Crippen LogP contribution >= 0.6 is 0 Å². The van der Waals surface area contributed by atoms with Gasteiger partial charge in [0.05, 0.1) is 12.2 Å². The van der Waals surface area contributed by atoms with E-state index in [1.165, 1.54) is 17.2 Å². The lowest BCUT2D eigenvalue weighted by Gasteiger charge is -2.23. The van der Waals surface area contributed by atoms with Crippen LogP contribution in [0.5, 0.6) is 0 Å². The Labute approximate surface area is 145 Å². The molecule has 0 saturated heterocycles. The van der Waals surface area contributed by atoms with Gasteiger partial charge < -0.3 is 23.7 Å². The maximum Gasteiger partial charge on any atom is 0.308 e. The first kappa shape index (κ1) is 18.7. The minimum Gasteiger partial charge on any atom is -0.481 e. The molecule has 2 aromatic rings. The topological polar surface area (TPSA) is 106 Å². The summed E-state index contributed by atoms with van der Waals surface area (Å²) in [6.07, 6.45) is 2.10. The maximum absolute atomic E-state index is 12.7. The fourth-order valence-corrected chi connectivity index (χ4v) is 2.26. The van der Waals surface area contributed by atoms with Crippen LogP contribution in [0.1, 0.15) is 30.8 Å². The average molecular weight is 350 g/mol. The molecule has 8 nitrogen and oxygen atoms in total. The molecule has 0 aliphatic heterocycles. The number of ether oxygens (including phenoxy) is 1. The third-order valence-electron chi connectivity index (χ3n) is 3.62. The van der Waals surface area contributed by atoms with Gasteiger partial charge in [-0.2, -0.15) is 0 Å². The predicted molar refractivity (Wildman–Crippen MR) is 88.0 cm³/mol. The smallest absolute Gasteiger partial charge is 0.308 e. The number of hydrogen-bond acceptors (Lipinski definition) is 6. The normalized spacial score (nSPS) is 12.1. The average Bonchev–Trinajstić information content (AvgIpc) is 3.27. The molecular formula is C17H22N2O6. The Morgan fingerprint density at radius 3 is 2.84 bits per heavy atom. The summed E-state index contributed by atoms with van der Waals surface area (Å²) in [5.74, 6) is -1.22. The van der Waals surface area contributed by atoms with Crippen LogP contribution in [-0.4, -0.2) is 53.3 Å². The Morgan fingerprint density at radius 1 is 1.40 bits per heavy atom. The number of furan rings is 1. The number of carbonyl (C=O) groups is 2. The molecule has 0 spiro atoms. The highest BCUT2D eigenvalue weighted by Gasteiger charge is 2.24. The number of hydrogen-bond donors (Lipinski definition) is 1. The highest BCUT2D eigenvalue weighted by atomic mass is 16.5. The number of amides is 1. The molecule has 0 radical (unpaired) electrons. The van der Waals surface area contributed by atoms with Crippen LogP contribution in [0.3, 0.4) is 0 Å². The Hall–Kier alpha value is -2.61. The molecule has 0 aliphatic rings.